The Morgan fingerprint density at radius 1 is 1.39 bits per heavy atom. The maximum atomic E-state index is 13.0. The highest BCUT2D eigenvalue weighted by Gasteiger charge is 2.51. The SMILES string of the molecule is COCCN1CCC[C@@H](NC(=O)CN2CC3(CC3)c3cc(Br)ccc3C2=O)C1. The lowest BCUT2D eigenvalue weighted by Gasteiger charge is -2.36. The van der Waals surface area contributed by atoms with E-state index >= 15 is 0 Å². The maximum Gasteiger partial charge on any atom is 0.254 e. The summed E-state index contributed by atoms with van der Waals surface area (Å²) in [6, 6.07) is 6.03. The van der Waals surface area contributed by atoms with Crippen molar-refractivity contribution in [2.24, 2.45) is 0 Å². The van der Waals surface area contributed by atoms with Crippen molar-refractivity contribution in [3.8, 4) is 0 Å². The van der Waals surface area contributed by atoms with Crippen molar-refractivity contribution < 1.29 is 14.3 Å². The Kier molecular flexibility index (Phi) is 5.76. The molecule has 1 atom stereocenters. The number of benzene rings is 1. The topological polar surface area (TPSA) is 61.9 Å². The van der Waals surface area contributed by atoms with Gasteiger partial charge in [-0.05, 0) is 56.0 Å². The smallest absolute Gasteiger partial charge is 0.254 e. The summed E-state index contributed by atoms with van der Waals surface area (Å²) in [4.78, 5) is 29.7. The predicted molar refractivity (Wildman–Crippen MR) is 110 cm³/mol. The van der Waals surface area contributed by atoms with Gasteiger partial charge < -0.3 is 15.0 Å². The molecule has 1 aromatic carbocycles. The van der Waals surface area contributed by atoms with Crippen LogP contribution < -0.4 is 5.32 Å². The summed E-state index contributed by atoms with van der Waals surface area (Å²) in [7, 11) is 1.71. The number of carbonyl (C=O) groups excluding carboxylic acids is 2. The summed E-state index contributed by atoms with van der Waals surface area (Å²) >= 11 is 3.52. The molecule has 0 aromatic heterocycles. The Bertz CT molecular complexity index is 765. The number of hydrogen-bond donors (Lipinski definition) is 1. The molecule has 1 aromatic rings. The predicted octanol–water partition coefficient (Wildman–Crippen LogP) is 2.16. The van der Waals surface area contributed by atoms with Crippen LogP contribution in [0.1, 0.15) is 41.6 Å². The quantitative estimate of drug-likeness (QED) is 0.722. The molecule has 0 unspecified atom stereocenters. The van der Waals surface area contributed by atoms with Crippen LogP contribution in [0.2, 0.25) is 0 Å². The lowest BCUT2D eigenvalue weighted by molar-refractivity contribution is -0.123. The summed E-state index contributed by atoms with van der Waals surface area (Å²) in [5, 5.41) is 3.15. The van der Waals surface area contributed by atoms with Gasteiger partial charge in [-0.1, -0.05) is 15.9 Å². The first kappa shape index (κ1) is 19.9. The summed E-state index contributed by atoms with van der Waals surface area (Å²) in [6.45, 7) is 4.29. The van der Waals surface area contributed by atoms with Gasteiger partial charge in [-0.15, -0.1) is 0 Å². The molecule has 1 spiro atoms. The van der Waals surface area contributed by atoms with Crippen molar-refractivity contribution in [1.82, 2.24) is 15.1 Å². The molecule has 2 aliphatic heterocycles. The highest BCUT2D eigenvalue weighted by Crippen LogP contribution is 2.52. The molecule has 2 amide bonds. The molecule has 4 rings (SSSR count). The Hall–Kier alpha value is -1.44. The molecule has 28 heavy (non-hydrogen) atoms. The fourth-order valence-electron chi connectivity index (χ4n) is 4.58. The van der Waals surface area contributed by atoms with E-state index in [9.17, 15) is 9.59 Å². The Labute approximate surface area is 174 Å². The van der Waals surface area contributed by atoms with Crippen molar-refractivity contribution in [3.05, 3.63) is 33.8 Å². The van der Waals surface area contributed by atoms with Crippen molar-refractivity contribution in [2.45, 2.75) is 37.1 Å². The lowest BCUT2D eigenvalue weighted by Crippen LogP contribution is -2.52. The van der Waals surface area contributed by atoms with Gasteiger partial charge in [-0.25, -0.2) is 0 Å². The van der Waals surface area contributed by atoms with E-state index in [2.05, 4.69) is 32.2 Å². The third-order valence-electron chi connectivity index (χ3n) is 6.23. The summed E-state index contributed by atoms with van der Waals surface area (Å²) in [6.07, 6.45) is 4.23. The third kappa shape index (κ3) is 4.11. The molecule has 152 valence electrons. The summed E-state index contributed by atoms with van der Waals surface area (Å²) < 4.78 is 6.16. The highest BCUT2D eigenvalue weighted by molar-refractivity contribution is 9.10. The minimum Gasteiger partial charge on any atom is -0.383 e. The van der Waals surface area contributed by atoms with E-state index in [0.29, 0.717) is 13.2 Å². The molecule has 1 saturated carbocycles. The van der Waals surface area contributed by atoms with Gasteiger partial charge in [0.2, 0.25) is 5.91 Å². The van der Waals surface area contributed by atoms with Crippen molar-refractivity contribution in [2.75, 3.05) is 46.4 Å². The maximum absolute atomic E-state index is 13.0. The first-order valence-electron chi connectivity index (χ1n) is 10.1. The minimum atomic E-state index is -0.0525. The average molecular weight is 450 g/mol. The number of amides is 2. The molecule has 0 bridgehead atoms. The zero-order valence-corrected chi connectivity index (χ0v) is 18.0. The molecule has 1 aliphatic carbocycles. The molecule has 1 saturated heterocycles. The van der Waals surface area contributed by atoms with E-state index in [4.69, 9.17) is 4.74 Å². The number of carbonyl (C=O) groups is 2. The van der Waals surface area contributed by atoms with E-state index in [1.807, 2.05) is 12.1 Å². The highest BCUT2D eigenvalue weighted by atomic mass is 79.9. The number of halogens is 1. The zero-order chi connectivity index (χ0) is 19.7. The number of rotatable bonds is 6. The zero-order valence-electron chi connectivity index (χ0n) is 16.4. The van der Waals surface area contributed by atoms with Crippen molar-refractivity contribution >= 4 is 27.7 Å². The van der Waals surface area contributed by atoms with Gasteiger partial charge in [-0.3, -0.25) is 14.5 Å². The normalized spacial score (nSPS) is 23.6. The van der Waals surface area contributed by atoms with Gasteiger partial charge in [0.25, 0.3) is 5.91 Å². The van der Waals surface area contributed by atoms with Gasteiger partial charge in [0.1, 0.15) is 0 Å². The number of fused-ring (bicyclic) bond motifs is 2. The molecule has 2 heterocycles. The van der Waals surface area contributed by atoms with Gasteiger partial charge >= 0.3 is 0 Å². The summed E-state index contributed by atoms with van der Waals surface area (Å²) in [5.41, 5.74) is 1.95. The fourth-order valence-corrected chi connectivity index (χ4v) is 4.95. The second kappa shape index (κ2) is 8.13. The molecule has 6 nitrogen and oxygen atoms in total. The summed E-state index contributed by atoms with van der Waals surface area (Å²) in [5.74, 6) is -0.0798. The van der Waals surface area contributed by atoms with E-state index in [0.717, 1.165) is 60.9 Å². The van der Waals surface area contributed by atoms with Crippen LogP contribution in [0.5, 0.6) is 0 Å². The number of hydrogen-bond acceptors (Lipinski definition) is 4. The number of methoxy groups -OCH3 is 1. The standard InChI is InChI=1S/C21H28BrN3O3/c1-28-10-9-24-8-2-3-16(12-24)23-19(26)13-25-14-21(6-7-21)18-11-15(22)4-5-17(18)20(25)27/h4-5,11,16H,2-3,6-10,12-14H2,1H3,(H,23,26)/t16-/m1/s1. The van der Waals surface area contributed by atoms with E-state index < -0.39 is 0 Å². The van der Waals surface area contributed by atoms with E-state index in [1.54, 1.807) is 12.0 Å². The van der Waals surface area contributed by atoms with Crippen LogP contribution in [0.4, 0.5) is 0 Å². The molecule has 2 fully saturated rings. The number of nitrogens with zero attached hydrogens (tertiary/aromatic N) is 2. The first-order valence-corrected chi connectivity index (χ1v) is 10.9. The molecule has 0 radical (unpaired) electrons. The van der Waals surface area contributed by atoms with Crippen LogP contribution in [0.15, 0.2) is 22.7 Å². The number of ether oxygens (including phenoxy) is 1. The Morgan fingerprint density at radius 2 is 2.21 bits per heavy atom. The third-order valence-corrected chi connectivity index (χ3v) is 6.73. The average Bonchev–Trinajstić information content (AvgIpc) is 3.45. The Balaban J connectivity index is 1.37. The van der Waals surface area contributed by atoms with Gasteiger partial charge in [0.15, 0.2) is 0 Å². The number of piperidine rings is 1. The van der Waals surface area contributed by atoms with Crippen LogP contribution in [0, 0.1) is 0 Å². The van der Waals surface area contributed by atoms with E-state index in [1.165, 1.54) is 0 Å². The van der Waals surface area contributed by atoms with Crippen LogP contribution in [0.25, 0.3) is 0 Å². The Morgan fingerprint density at radius 3 is 2.96 bits per heavy atom. The number of nitrogens with one attached hydrogen (secondary N) is 1. The largest absolute Gasteiger partial charge is 0.383 e. The molecule has 7 heteroatoms. The minimum absolute atomic E-state index is 0.0273. The van der Waals surface area contributed by atoms with Crippen molar-refractivity contribution in [3.63, 3.8) is 0 Å². The molecule has 3 aliphatic rings. The second-order valence-electron chi connectivity index (χ2n) is 8.33. The van der Waals surface area contributed by atoms with Crippen LogP contribution >= 0.6 is 15.9 Å². The van der Waals surface area contributed by atoms with Gasteiger partial charge in [0.05, 0.1) is 13.2 Å². The monoisotopic (exact) mass is 449 g/mol. The van der Waals surface area contributed by atoms with Crippen LogP contribution in [-0.2, 0) is 14.9 Å². The first-order chi connectivity index (χ1) is 13.5. The van der Waals surface area contributed by atoms with Gasteiger partial charge in [0, 0.05) is 48.2 Å². The number of likely N-dealkylation sites (tertiary alicyclic amines) is 1. The van der Waals surface area contributed by atoms with Crippen LogP contribution in [0.3, 0.4) is 0 Å². The lowest BCUT2D eigenvalue weighted by atomic mass is 9.86. The van der Waals surface area contributed by atoms with Gasteiger partial charge in [-0.2, -0.15) is 0 Å². The van der Waals surface area contributed by atoms with Crippen LogP contribution in [-0.4, -0.2) is 74.1 Å². The van der Waals surface area contributed by atoms with E-state index in [-0.39, 0.29) is 29.8 Å². The molecule has 1 N–H and O–H groups in total. The fraction of sp³-hybridized carbons (Fsp3) is 0.619. The molecular weight excluding hydrogens is 422 g/mol. The second-order valence-corrected chi connectivity index (χ2v) is 9.25. The molecular formula is C21H28BrN3O3. The van der Waals surface area contributed by atoms with Crippen molar-refractivity contribution in [1.29, 1.82) is 0 Å².